The average Bonchev–Trinajstić information content (AvgIpc) is 2.05. The van der Waals surface area contributed by atoms with Gasteiger partial charge < -0.3 is 0 Å². The van der Waals surface area contributed by atoms with Gasteiger partial charge in [0.05, 0.1) is 6.07 Å². The van der Waals surface area contributed by atoms with Crippen LogP contribution in [0.5, 0.6) is 0 Å². The Kier molecular flexibility index (Phi) is 3.14. The van der Waals surface area contributed by atoms with Crippen LogP contribution in [0.15, 0.2) is 0 Å². The molecular formula is C11H19N. The summed E-state index contributed by atoms with van der Waals surface area (Å²) in [6.07, 6.45) is 7.90. The Bertz CT molecular complexity index is 172. The fraction of sp³-hybridized carbons (Fsp3) is 0.909. The molecule has 0 radical (unpaired) electrons. The third-order valence-electron chi connectivity index (χ3n) is 3.08. The van der Waals surface area contributed by atoms with Crippen LogP contribution in [-0.2, 0) is 0 Å². The molecule has 1 heteroatoms. The largest absolute Gasteiger partial charge is 0.198 e. The zero-order valence-corrected chi connectivity index (χ0v) is 8.27. The summed E-state index contributed by atoms with van der Waals surface area (Å²) in [7, 11) is 0. The van der Waals surface area contributed by atoms with Crippen molar-refractivity contribution in [3.8, 4) is 6.07 Å². The van der Waals surface area contributed by atoms with E-state index in [2.05, 4.69) is 13.0 Å². The van der Waals surface area contributed by atoms with E-state index in [0.29, 0.717) is 5.41 Å². The van der Waals surface area contributed by atoms with E-state index in [1.807, 2.05) is 6.92 Å². The summed E-state index contributed by atoms with van der Waals surface area (Å²) in [5.74, 6) is 0.244. The van der Waals surface area contributed by atoms with Crippen LogP contribution < -0.4 is 0 Å². The molecule has 1 atom stereocenters. The van der Waals surface area contributed by atoms with Crippen molar-refractivity contribution in [2.75, 3.05) is 0 Å². The minimum atomic E-state index is 0.244. The Hall–Kier alpha value is -0.510. The number of nitriles is 1. The van der Waals surface area contributed by atoms with Crippen LogP contribution in [-0.4, -0.2) is 0 Å². The first-order valence-corrected chi connectivity index (χ1v) is 5.06. The van der Waals surface area contributed by atoms with Crippen molar-refractivity contribution in [1.29, 1.82) is 5.26 Å². The lowest BCUT2D eigenvalue weighted by Crippen LogP contribution is -2.22. The lowest BCUT2D eigenvalue weighted by Gasteiger charge is -2.34. The minimum absolute atomic E-state index is 0.244. The van der Waals surface area contributed by atoms with E-state index >= 15 is 0 Å². The van der Waals surface area contributed by atoms with Crippen LogP contribution in [0.25, 0.3) is 0 Å². The fourth-order valence-electron chi connectivity index (χ4n) is 2.39. The fourth-order valence-corrected chi connectivity index (χ4v) is 2.39. The topological polar surface area (TPSA) is 23.8 Å². The van der Waals surface area contributed by atoms with Gasteiger partial charge in [-0.15, -0.1) is 0 Å². The Morgan fingerprint density at radius 1 is 1.33 bits per heavy atom. The lowest BCUT2D eigenvalue weighted by atomic mass is 9.71. The number of hydrogen-bond acceptors (Lipinski definition) is 1. The van der Waals surface area contributed by atoms with Gasteiger partial charge in [0.2, 0.25) is 0 Å². The maximum absolute atomic E-state index is 8.73. The van der Waals surface area contributed by atoms with E-state index in [-0.39, 0.29) is 5.92 Å². The molecule has 0 bridgehead atoms. The van der Waals surface area contributed by atoms with Crippen LogP contribution in [0, 0.1) is 22.7 Å². The van der Waals surface area contributed by atoms with Gasteiger partial charge in [0.25, 0.3) is 0 Å². The monoisotopic (exact) mass is 165 g/mol. The molecule has 68 valence electrons. The van der Waals surface area contributed by atoms with Crippen molar-refractivity contribution >= 4 is 0 Å². The predicted octanol–water partition coefficient (Wildman–Crippen LogP) is 3.51. The second-order valence-electron chi connectivity index (χ2n) is 4.61. The van der Waals surface area contributed by atoms with E-state index in [9.17, 15) is 0 Å². The zero-order valence-electron chi connectivity index (χ0n) is 8.27. The average molecular weight is 165 g/mol. The van der Waals surface area contributed by atoms with Gasteiger partial charge in [-0.05, 0) is 31.6 Å². The zero-order chi connectivity index (χ0) is 9.03. The maximum atomic E-state index is 8.73. The van der Waals surface area contributed by atoms with Gasteiger partial charge in [0.15, 0.2) is 0 Å². The summed E-state index contributed by atoms with van der Waals surface area (Å²) in [6.45, 7) is 4.39. The molecule has 1 aliphatic rings. The molecule has 0 N–H and O–H groups in total. The van der Waals surface area contributed by atoms with Crippen molar-refractivity contribution in [2.45, 2.75) is 52.4 Å². The molecule has 0 unspecified atom stereocenters. The van der Waals surface area contributed by atoms with E-state index in [1.54, 1.807) is 0 Å². The second kappa shape index (κ2) is 3.94. The SMILES string of the molecule is C[C@H](C#N)CC1(C)CCCCC1. The lowest BCUT2D eigenvalue weighted by molar-refractivity contribution is 0.183. The molecule has 0 aromatic rings. The Morgan fingerprint density at radius 2 is 1.92 bits per heavy atom. The molecule has 0 aromatic carbocycles. The Balaban J connectivity index is 2.42. The van der Waals surface area contributed by atoms with Crippen LogP contribution in [0.4, 0.5) is 0 Å². The smallest absolute Gasteiger partial charge is 0.0653 e. The quantitative estimate of drug-likeness (QED) is 0.614. The van der Waals surface area contributed by atoms with Crippen molar-refractivity contribution < 1.29 is 0 Å². The van der Waals surface area contributed by atoms with Crippen LogP contribution in [0.3, 0.4) is 0 Å². The van der Waals surface area contributed by atoms with Gasteiger partial charge >= 0.3 is 0 Å². The van der Waals surface area contributed by atoms with Gasteiger partial charge in [-0.2, -0.15) is 5.26 Å². The molecule has 0 spiro atoms. The summed E-state index contributed by atoms with van der Waals surface area (Å²) >= 11 is 0. The molecule has 1 nitrogen and oxygen atoms in total. The van der Waals surface area contributed by atoms with Gasteiger partial charge in [-0.3, -0.25) is 0 Å². The highest BCUT2D eigenvalue weighted by atomic mass is 14.3. The molecule has 0 aliphatic heterocycles. The number of hydrogen-bond donors (Lipinski definition) is 0. The normalized spacial score (nSPS) is 24.4. The van der Waals surface area contributed by atoms with E-state index < -0.39 is 0 Å². The standard InChI is InChI=1S/C11H19N/c1-10(9-12)8-11(2)6-4-3-5-7-11/h10H,3-8H2,1-2H3/t10-/m0/s1. The summed E-state index contributed by atoms with van der Waals surface area (Å²) < 4.78 is 0. The third-order valence-corrected chi connectivity index (χ3v) is 3.08. The summed E-state index contributed by atoms with van der Waals surface area (Å²) in [4.78, 5) is 0. The molecule has 0 aromatic heterocycles. The van der Waals surface area contributed by atoms with Crippen molar-refractivity contribution in [3.63, 3.8) is 0 Å². The first kappa shape index (κ1) is 9.58. The molecule has 0 amide bonds. The number of rotatable bonds is 2. The first-order chi connectivity index (χ1) is 5.66. The van der Waals surface area contributed by atoms with Gasteiger partial charge in [0.1, 0.15) is 0 Å². The summed E-state index contributed by atoms with van der Waals surface area (Å²) in [5.41, 5.74) is 0.480. The van der Waals surface area contributed by atoms with Crippen molar-refractivity contribution in [1.82, 2.24) is 0 Å². The predicted molar refractivity (Wildman–Crippen MR) is 50.6 cm³/mol. The minimum Gasteiger partial charge on any atom is -0.198 e. The molecule has 12 heavy (non-hydrogen) atoms. The maximum Gasteiger partial charge on any atom is 0.0653 e. The van der Waals surface area contributed by atoms with Crippen LogP contribution in [0.2, 0.25) is 0 Å². The van der Waals surface area contributed by atoms with E-state index in [4.69, 9.17) is 5.26 Å². The molecule has 1 aliphatic carbocycles. The first-order valence-electron chi connectivity index (χ1n) is 5.06. The highest BCUT2D eigenvalue weighted by molar-refractivity contribution is 4.87. The molecular weight excluding hydrogens is 146 g/mol. The molecule has 1 saturated carbocycles. The van der Waals surface area contributed by atoms with Gasteiger partial charge in [-0.25, -0.2) is 0 Å². The van der Waals surface area contributed by atoms with Crippen LogP contribution >= 0.6 is 0 Å². The molecule has 1 fully saturated rings. The van der Waals surface area contributed by atoms with Crippen molar-refractivity contribution in [3.05, 3.63) is 0 Å². The van der Waals surface area contributed by atoms with E-state index in [0.717, 1.165) is 6.42 Å². The van der Waals surface area contributed by atoms with Crippen molar-refractivity contribution in [2.24, 2.45) is 11.3 Å². The second-order valence-corrected chi connectivity index (χ2v) is 4.61. The van der Waals surface area contributed by atoms with Gasteiger partial charge in [0, 0.05) is 5.92 Å². The highest BCUT2D eigenvalue weighted by Crippen LogP contribution is 2.40. The molecule has 0 heterocycles. The van der Waals surface area contributed by atoms with E-state index in [1.165, 1.54) is 32.1 Å². The summed E-state index contributed by atoms with van der Waals surface area (Å²) in [6, 6.07) is 2.34. The molecule has 0 saturated heterocycles. The third kappa shape index (κ3) is 2.52. The Morgan fingerprint density at radius 3 is 2.42 bits per heavy atom. The van der Waals surface area contributed by atoms with Crippen LogP contribution in [0.1, 0.15) is 52.4 Å². The highest BCUT2D eigenvalue weighted by Gasteiger charge is 2.28. The summed E-state index contributed by atoms with van der Waals surface area (Å²) in [5, 5.41) is 8.73. The number of nitrogens with zero attached hydrogens (tertiary/aromatic N) is 1. The Labute approximate surface area is 75.8 Å². The van der Waals surface area contributed by atoms with Gasteiger partial charge in [-0.1, -0.05) is 26.2 Å². The molecule has 1 rings (SSSR count).